The number of aromatic nitrogens is 2. The number of piperidine rings is 1. The Hall–Kier alpha value is -3.02. The molecule has 4 rings (SSSR count). The molecule has 0 radical (unpaired) electrons. The summed E-state index contributed by atoms with van der Waals surface area (Å²) in [5, 5.41) is 4.10. The molecule has 0 spiro atoms. The Labute approximate surface area is 156 Å². The molecule has 1 saturated heterocycles. The molecule has 138 valence electrons. The Balaban J connectivity index is 1.62. The van der Waals surface area contributed by atoms with Crippen molar-refractivity contribution in [3.8, 4) is 11.4 Å². The van der Waals surface area contributed by atoms with Gasteiger partial charge in [0.25, 0.3) is 5.91 Å². The van der Waals surface area contributed by atoms with Crippen LogP contribution in [0.25, 0.3) is 11.4 Å². The monoisotopic (exact) mass is 365 g/mol. The zero-order valence-corrected chi connectivity index (χ0v) is 15.1. The molecule has 2 aromatic carbocycles. The molecule has 1 aliphatic heterocycles. The summed E-state index contributed by atoms with van der Waals surface area (Å²) in [5.74, 6) is 0.303. The van der Waals surface area contributed by atoms with E-state index in [4.69, 9.17) is 4.52 Å². The fourth-order valence-corrected chi connectivity index (χ4v) is 3.49. The summed E-state index contributed by atoms with van der Waals surface area (Å²) in [6.45, 7) is 2.59. The first-order chi connectivity index (χ1) is 13.1. The zero-order valence-electron chi connectivity index (χ0n) is 15.1. The van der Waals surface area contributed by atoms with Gasteiger partial charge in [-0.2, -0.15) is 4.98 Å². The number of carbonyl (C=O) groups is 1. The van der Waals surface area contributed by atoms with Crippen LogP contribution < -0.4 is 0 Å². The molecule has 27 heavy (non-hydrogen) atoms. The summed E-state index contributed by atoms with van der Waals surface area (Å²) in [6.07, 6.45) is 2.62. The fourth-order valence-electron chi connectivity index (χ4n) is 3.49. The molecule has 2 heterocycles. The van der Waals surface area contributed by atoms with Gasteiger partial charge in [0, 0.05) is 17.7 Å². The number of aryl methyl sites for hydroxylation is 1. The van der Waals surface area contributed by atoms with E-state index in [9.17, 15) is 9.18 Å². The summed E-state index contributed by atoms with van der Waals surface area (Å²) < 4.78 is 19.0. The number of nitrogens with zero attached hydrogens (tertiary/aromatic N) is 3. The Bertz CT molecular complexity index is 969. The van der Waals surface area contributed by atoms with Gasteiger partial charge in [-0.15, -0.1) is 0 Å². The van der Waals surface area contributed by atoms with E-state index in [0.717, 1.165) is 30.4 Å². The Morgan fingerprint density at radius 2 is 2.04 bits per heavy atom. The molecule has 1 amide bonds. The molecular weight excluding hydrogens is 345 g/mol. The van der Waals surface area contributed by atoms with Gasteiger partial charge in [0.05, 0.1) is 0 Å². The molecule has 0 aliphatic carbocycles. The minimum absolute atomic E-state index is 0.213. The lowest BCUT2D eigenvalue weighted by Crippen LogP contribution is -2.38. The highest BCUT2D eigenvalue weighted by Gasteiger charge is 2.33. The summed E-state index contributed by atoms with van der Waals surface area (Å²) in [4.78, 5) is 19.2. The first kappa shape index (κ1) is 17.4. The van der Waals surface area contributed by atoms with Crippen LogP contribution in [0.4, 0.5) is 4.39 Å². The smallest absolute Gasteiger partial charge is 0.254 e. The second-order valence-electron chi connectivity index (χ2n) is 6.85. The summed E-state index contributed by atoms with van der Waals surface area (Å²) in [5.41, 5.74) is 2.32. The second kappa shape index (κ2) is 7.31. The van der Waals surface area contributed by atoms with E-state index >= 15 is 0 Å². The van der Waals surface area contributed by atoms with Crippen molar-refractivity contribution in [2.24, 2.45) is 0 Å². The predicted octanol–water partition coefficient (Wildman–Crippen LogP) is 4.55. The second-order valence-corrected chi connectivity index (χ2v) is 6.85. The number of hydrogen-bond acceptors (Lipinski definition) is 4. The van der Waals surface area contributed by atoms with E-state index in [0.29, 0.717) is 23.8 Å². The Morgan fingerprint density at radius 1 is 1.19 bits per heavy atom. The molecule has 0 N–H and O–H groups in total. The zero-order chi connectivity index (χ0) is 18.8. The lowest BCUT2D eigenvalue weighted by molar-refractivity contribution is 0.0561. The number of carbonyl (C=O) groups excluding carboxylic acids is 1. The molecule has 1 fully saturated rings. The third-order valence-corrected chi connectivity index (χ3v) is 4.84. The molecule has 5 nitrogen and oxygen atoms in total. The number of rotatable bonds is 3. The minimum atomic E-state index is -0.422. The number of amides is 1. The predicted molar refractivity (Wildman–Crippen MR) is 98.5 cm³/mol. The SMILES string of the molecule is Cc1cccc(-c2noc(C3CCCCN3C(=O)c3cccc(F)c3)n2)c1. The number of benzene rings is 2. The van der Waals surface area contributed by atoms with E-state index in [2.05, 4.69) is 10.1 Å². The van der Waals surface area contributed by atoms with Crippen molar-refractivity contribution in [2.75, 3.05) is 6.54 Å². The number of likely N-dealkylation sites (tertiary alicyclic amines) is 1. The maximum Gasteiger partial charge on any atom is 0.254 e. The van der Waals surface area contributed by atoms with E-state index in [1.54, 1.807) is 17.0 Å². The van der Waals surface area contributed by atoms with Crippen molar-refractivity contribution in [2.45, 2.75) is 32.2 Å². The molecule has 0 bridgehead atoms. The average Bonchev–Trinajstić information content (AvgIpc) is 3.17. The van der Waals surface area contributed by atoms with Gasteiger partial charge in [0.2, 0.25) is 11.7 Å². The quantitative estimate of drug-likeness (QED) is 0.683. The van der Waals surface area contributed by atoms with Crippen molar-refractivity contribution >= 4 is 5.91 Å². The molecule has 0 saturated carbocycles. The highest BCUT2D eigenvalue weighted by atomic mass is 19.1. The Morgan fingerprint density at radius 3 is 2.85 bits per heavy atom. The molecule has 3 aromatic rings. The molecule has 1 unspecified atom stereocenters. The maximum atomic E-state index is 13.5. The Kier molecular flexibility index (Phi) is 4.71. The summed E-state index contributed by atoms with van der Waals surface area (Å²) in [7, 11) is 0. The van der Waals surface area contributed by atoms with Crippen LogP contribution >= 0.6 is 0 Å². The highest BCUT2D eigenvalue weighted by molar-refractivity contribution is 5.94. The van der Waals surface area contributed by atoms with E-state index in [1.807, 2.05) is 31.2 Å². The molecule has 1 aliphatic rings. The van der Waals surface area contributed by atoms with Gasteiger partial charge in [0.1, 0.15) is 11.9 Å². The topological polar surface area (TPSA) is 59.2 Å². The summed E-state index contributed by atoms with van der Waals surface area (Å²) >= 11 is 0. The normalized spacial score (nSPS) is 17.1. The lowest BCUT2D eigenvalue weighted by Gasteiger charge is -2.33. The number of halogens is 1. The van der Waals surface area contributed by atoms with Crippen LogP contribution in [0.3, 0.4) is 0 Å². The van der Waals surface area contributed by atoms with Gasteiger partial charge in [-0.05, 0) is 50.5 Å². The molecule has 6 heteroatoms. The van der Waals surface area contributed by atoms with Crippen molar-refractivity contribution in [1.82, 2.24) is 15.0 Å². The van der Waals surface area contributed by atoms with Gasteiger partial charge in [0.15, 0.2) is 0 Å². The van der Waals surface area contributed by atoms with Crippen LogP contribution in [0.2, 0.25) is 0 Å². The van der Waals surface area contributed by atoms with Crippen LogP contribution in [0.1, 0.15) is 47.1 Å². The van der Waals surface area contributed by atoms with Crippen molar-refractivity contribution in [3.05, 3.63) is 71.4 Å². The van der Waals surface area contributed by atoms with Crippen LogP contribution in [0.5, 0.6) is 0 Å². The summed E-state index contributed by atoms with van der Waals surface area (Å²) in [6, 6.07) is 13.3. The van der Waals surface area contributed by atoms with Crippen LogP contribution in [0, 0.1) is 12.7 Å². The first-order valence-electron chi connectivity index (χ1n) is 9.09. The lowest BCUT2D eigenvalue weighted by atomic mass is 10.0. The van der Waals surface area contributed by atoms with Gasteiger partial charge >= 0.3 is 0 Å². The minimum Gasteiger partial charge on any atom is -0.337 e. The van der Waals surface area contributed by atoms with E-state index in [-0.39, 0.29) is 11.9 Å². The largest absolute Gasteiger partial charge is 0.337 e. The third kappa shape index (κ3) is 3.60. The average molecular weight is 365 g/mol. The van der Waals surface area contributed by atoms with Gasteiger partial charge in [-0.3, -0.25) is 4.79 Å². The van der Waals surface area contributed by atoms with Crippen molar-refractivity contribution in [3.63, 3.8) is 0 Å². The number of hydrogen-bond donors (Lipinski definition) is 0. The molecular formula is C21H20FN3O2. The van der Waals surface area contributed by atoms with Crippen molar-refractivity contribution < 1.29 is 13.7 Å². The van der Waals surface area contributed by atoms with Gasteiger partial charge in [-0.25, -0.2) is 4.39 Å². The van der Waals surface area contributed by atoms with Crippen LogP contribution in [-0.2, 0) is 0 Å². The first-order valence-corrected chi connectivity index (χ1v) is 9.09. The van der Waals surface area contributed by atoms with Crippen LogP contribution in [0.15, 0.2) is 53.1 Å². The fraction of sp³-hybridized carbons (Fsp3) is 0.286. The third-order valence-electron chi connectivity index (χ3n) is 4.84. The maximum absolute atomic E-state index is 13.5. The van der Waals surface area contributed by atoms with Crippen LogP contribution in [-0.4, -0.2) is 27.5 Å². The van der Waals surface area contributed by atoms with E-state index in [1.165, 1.54) is 12.1 Å². The van der Waals surface area contributed by atoms with Gasteiger partial charge < -0.3 is 9.42 Å². The highest BCUT2D eigenvalue weighted by Crippen LogP contribution is 2.32. The van der Waals surface area contributed by atoms with Crippen molar-refractivity contribution in [1.29, 1.82) is 0 Å². The molecule has 1 atom stereocenters. The van der Waals surface area contributed by atoms with Gasteiger partial charge in [-0.1, -0.05) is 35.0 Å². The molecule has 1 aromatic heterocycles. The standard InChI is InChI=1S/C21H20FN3O2/c1-14-6-4-7-15(12-14)19-23-20(27-24-19)18-10-2-3-11-25(18)21(26)16-8-5-9-17(22)13-16/h4-9,12-13,18H,2-3,10-11H2,1H3. The van der Waals surface area contributed by atoms with E-state index < -0.39 is 5.82 Å².